The van der Waals surface area contributed by atoms with Crippen molar-refractivity contribution in [1.82, 2.24) is 9.55 Å². The average Bonchev–Trinajstić information content (AvgIpc) is 2.45. The summed E-state index contributed by atoms with van der Waals surface area (Å²) in [4.78, 5) is 4.76. The van der Waals surface area contributed by atoms with E-state index in [1.54, 1.807) is 0 Å². The van der Waals surface area contributed by atoms with Crippen LogP contribution in [0.3, 0.4) is 0 Å². The van der Waals surface area contributed by atoms with Crippen molar-refractivity contribution >= 4 is 17.2 Å². The molecule has 13 heavy (non-hydrogen) atoms. The molecule has 0 aromatic carbocycles. The molecule has 2 N–H and O–H groups in total. The van der Waals surface area contributed by atoms with Crippen LogP contribution in [-0.2, 0) is 6.54 Å². The highest BCUT2D eigenvalue weighted by Crippen LogP contribution is 2.01. The SMILES string of the molecule is Cc1nccn1CCCCC(N)=S. The molecule has 72 valence electrons. The summed E-state index contributed by atoms with van der Waals surface area (Å²) < 4.78 is 2.14. The normalized spacial score (nSPS) is 10.2. The molecule has 0 aliphatic carbocycles. The van der Waals surface area contributed by atoms with Crippen LogP contribution in [0.15, 0.2) is 12.4 Å². The molecule has 1 aromatic heterocycles. The van der Waals surface area contributed by atoms with Gasteiger partial charge in [0, 0.05) is 18.9 Å². The molecular weight excluding hydrogens is 182 g/mol. The molecule has 0 spiro atoms. The molecule has 1 rings (SSSR count). The summed E-state index contributed by atoms with van der Waals surface area (Å²) in [5.41, 5.74) is 5.39. The number of hydrogen-bond donors (Lipinski definition) is 1. The molecule has 0 radical (unpaired) electrons. The fourth-order valence-electron chi connectivity index (χ4n) is 1.22. The second-order valence-corrected chi connectivity index (χ2v) is 3.62. The van der Waals surface area contributed by atoms with Crippen molar-refractivity contribution in [2.75, 3.05) is 0 Å². The number of aryl methyl sites for hydroxylation is 2. The predicted octanol–water partition coefficient (Wildman–Crippen LogP) is 1.65. The summed E-state index contributed by atoms with van der Waals surface area (Å²) in [7, 11) is 0. The number of aromatic nitrogens is 2. The number of rotatable bonds is 5. The van der Waals surface area contributed by atoms with Crippen LogP contribution in [0, 0.1) is 6.92 Å². The molecule has 3 nitrogen and oxygen atoms in total. The van der Waals surface area contributed by atoms with E-state index in [0.29, 0.717) is 4.99 Å². The maximum Gasteiger partial charge on any atom is 0.105 e. The molecule has 1 aromatic rings. The van der Waals surface area contributed by atoms with Gasteiger partial charge in [-0.05, 0) is 26.2 Å². The zero-order valence-electron chi connectivity index (χ0n) is 7.86. The van der Waals surface area contributed by atoms with Crippen molar-refractivity contribution in [3.05, 3.63) is 18.2 Å². The van der Waals surface area contributed by atoms with Crippen LogP contribution in [-0.4, -0.2) is 14.5 Å². The lowest BCUT2D eigenvalue weighted by atomic mass is 10.2. The van der Waals surface area contributed by atoms with Crippen molar-refractivity contribution in [3.8, 4) is 0 Å². The van der Waals surface area contributed by atoms with Gasteiger partial charge in [0.1, 0.15) is 5.82 Å². The van der Waals surface area contributed by atoms with E-state index >= 15 is 0 Å². The topological polar surface area (TPSA) is 43.8 Å². The van der Waals surface area contributed by atoms with E-state index in [1.165, 1.54) is 0 Å². The molecule has 0 bridgehead atoms. The molecular formula is C9H15N3S. The fourth-order valence-corrected chi connectivity index (χ4v) is 1.37. The Morgan fingerprint density at radius 1 is 1.62 bits per heavy atom. The zero-order chi connectivity index (χ0) is 9.68. The quantitative estimate of drug-likeness (QED) is 0.576. The van der Waals surface area contributed by atoms with E-state index in [2.05, 4.69) is 9.55 Å². The molecule has 1 heterocycles. The number of hydrogen-bond acceptors (Lipinski definition) is 2. The van der Waals surface area contributed by atoms with E-state index in [1.807, 2.05) is 19.3 Å². The van der Waals surface area contributed by atoms with Crippen molar-refractivity contribution in [1.29, 1.82) is 0 Å². The summed E-state index contributed by atoms with van der Waals surface area (Å²) in [5, 5.41) is 0. The molecule has 0 aliphatic rings. The Hall–Kier alpha value is -0.900. The first-order chi connectivity index (χ1) is 6.20. The smallest absolute Gasteiger partial charge is 0.105 e. The van der Waals surface area contributed by atoms with Gasteiger partial charge in [-0.25, -0.2) is 4.98 Å². The Balaban J connectivity index is 2.20. The maximum atomic E-state index is 5.39. The van der Waals surface area contributed by atoms with Gasteiger partial charge in [0.2, 0.25) is 0 Å². The lowest BCUT2D eigenvalue weighted by Crippen LogP contribution is -2.07. The summed E-state index contributed by atoms with van der Waals surface area (Å²) >= 11 is 4.79. The van der Waals surface area contributed by atoms with Gasteiger partial charge >= 0.3 is 0 Å². The molecule has 0 aliphatic heterocycles. The Kier molecular flexibility index (Phi) is 3.89. The second kappa shape index (κ2) is 4.97. The number of thiocarbonyl (C=S) groups is 1. The average molecular weight is 197 g/mol. The van der Waals surface area contributed by atoms with E-state index in [4.69, 9.17) is 18.0 Å². The highest BCUT2D eigenvalue weighted by Gasteiger charge is 1.96. The van der Waals surface area contributed by atoms with E-state index in [-0.39, 0.29) is 0 Å². The fraction of sp³-hybridized carbons (Fsp3) is 0.556. The standard InChI is InChI=1S/C9H15N3S/c1-8-11-5-7-12(8)6-3-2-4-9(10)13/h5,7H,2-4,6H2,1H3,(H2,10,13). The van der Waals surface area contributed by atoms with Crippen molar-refractivity contribution in [2.45, 2.75) is 32.7 Å². The highest BCUT2D eigenvalue weighted by molar-refractivity contribution is 7.80. The van der Waals surface area contributed by atoms with Gasteiger partial charge in [0.15, 0.2) is 0 Å². The summed E-state index contributed by atoms with van der Waals surface area (Å²) in [6.45, 7) is 3.02. The van der Waals surface area contributed by atoms with E-state index < -0.39 is 0 Å². The number of nitrogens with two attached hydrogens (primary N) is 1. The Bertz CT molecular complexity index is 280. The van der Waals surface area contributed by atoms with Crippen LogP contribution < -0.4 is 5.73 Å². The third kappa shape index (κ3) is 3.55. The first-order valence-electron chi connectivity index (χ1n) is 4.46. The molecule has 0 unspecified atom stereocenters. The Labute approximate surface area is 84.0 Å². The molecule has 0 saturated heterocycles. The largest absolute Gasteiger partial charge is 0.393 e. The molecule has 0 fully saturated rings. The van der Waals surface area contributed by atoms with Gasteiger partial charge in [0.05, 0.1) is 4.99 Å². The minimum atomic E-state index is 0.613. The minimum Gasteiger partial charge on any atom is -0.393 e. The third-order valence-electron chi connectivity index (χ3n) is 2.00. The monoisotopic (exact) mass is 197 g/mol. The van der Waals surface area contributed by atoms with Gasteiger partial charge in [-0.2, -0.15) is 0 Å². The Morgan fingerprint density at radius 2 is 2.38 bits per heavy atom. The van der Waals surface area contributed by atoms with Gasteiger partial charge in [0.25, 0.3) is 0 Å². The number of nitrogens with zero attached hydrogens (tertiary/aromatic N) is 2. The Morgan fingerprint density at radius 3 is 2.92 bits per heavy atom. The second-order valence-electron chi connectivity index (χ2n) is 3.09. The van der Waals surface area contributed by atoms with Crippen LogP contribution >= 0.6 is 12.2 Å². The highest BCUT2D eigenvalue weighted by atomic mass is 32.1. The van der Waals surface area contributed by atoms with Crippen molar-refractivity contribution in [3.63, 3.8) is 0 Å². The molecule has 4 heteroatoms. The van der Waals surface area contributed by atoms with Crippen molar-refractivity contribution < 1.29 is 0 Å². The van der Waals surface area contributed by atoms with E-state index in [9.17, 15) is 0 Å². The number of imidazole rings is 1. The lowest BCUT2D eigenvalue weighted by Gasteiger charge is -2.03. The summed E-state index contributed by atoms with van der Waals surface area (Å²) in [6, 6.07) is 0. The molecule has 0 amide bonds. The summed E-state index contributed by atoms with van der Waals surface area (Å²) in [5.74, 6) is 1.07. The van der Waals surface area contributed by atoms with Crippen LogP contribution in [0.25, 0.3) is 0 Å². The lowest BCUT2D eigenvalue weighted by molar-refractivity contribution is 0.606. The van der Waals surface area contributed by atoms with Crippen LogP contribution in [0.4, 0.5) is 0 Å². The van der Waals surface area contributed by atoms with Gasteiger partial charge in [-0.3, -0.25) is 0 Å². The predicted molar refractivity (Wildman–Crippen MR) is 57.6 cm³/mol. The third-order valence-corrected chi connectivity index (χ3v) is 2.20. The number of unbranched alkanes of at least 4 members (excludes halogenated alkanes) is 1. The maximum absolute atomic E-state index is 5.39. The first kappa shape index (κ1) is 10.2. The molecule has 0 saturated carbocycles. The summed E-state index contributed by atoms with van der Waals surface area (Å²) in [6.07, 6.45) is 6.84. The zero-order valence-corrected chi connectivity index (χ0v) is 8.68. The van der Waals surface area contributed by atoms with Crippen LogP contribution in [0.2, 0.25) is 0 Å². The van der Waals surface area contributed by atoms with Gasteiger partial charge in [-0.15, -0.1) is 0 Å². The van der Waals surface area contributed by atoms with Gasteiger partial charge in [-0.1, -0.05) is 12.2 Å². The first-order valence-corrected chi connectivity index (χ1v) is 4.87. The van der Waals surface area contributed by atoms with Crippen LogP contribution in [0.1, 0.15) is 25.1 Å². The van der Waals surface area contributed by atoms with Gasteiger partial charge < -0.3 is 10.3 Å². The van der Waals surface area contributed by atoms with Crippen LogP contribution in [0.5, 0.6) is 0 Å². The minimum absolute atomic E-state index is 0.613. The molecule has 0 atom stereocenters. The van der Waals surface area contributed by atoms with E-state index in [0.717, 1.165) is 31.6 Å². The van der Waals surface area contributed by atoms with Crippen molar-refractivity contribution in [2.24, 2.45) is 5.73 Å².